The van der Waals surface area contributed by atoms with Gasteiger partial charge in [0.2, 0.25) is 0 Å². The monoisotopic (exact) mass is 380 g/mol. The molecule has 2 N–H and O–H groups in total. The van der Waals surface area contributed by atoms with Crippen molar-refractivity contribution in [2.75, 3.05) is 26.2 Å². The summed E-state index contributed by atoms with van der Waals surface area (Å²) in [7, 11) is 0. The van der Waals surface area contributed by atoms with Crippen molar-refractivity contribution in [1.29, 1.82) is 0 Å². The first-order chi connectivity index (χ1) is 12.9. The van der Waals surface area contributed by atoms with Gasteiger partial charge in [-0.2, -0.15) is 0 Å². The normalized spacial score (nSPS) is 16.9. The molecule has 3 rings (SSSR count). The molecule has 0 bridgehead atoms. The highest BCUT2D eigenvalue weighted by molar-refractivity contribution is 5.46. The molecule has 1 aliphatic rings. The Kier molecular flexibility index (Phi) is 5.92. The van der Waals surface area contributed by atoms with E-state index in [0.717, 1.165) is 42.9 Å². The Morgan fingerprint density at radius 3 is 2.37 bits per heavy atom. The van der Waals surface area contributed by atoms with Gasteiger partial charge in [-0.3, -0.25) is 4.90 Å². The molecule has 1 saturated heterocycles. The smallest absolute Gasteiger partial charge is 0.507 e. The first kappa shape index (κ1) is 19.5. The number of para-hydroxylation sites is 1. The molecule has 0 saturated carbocycles. The number of aromatic hydroxyl groups is 1. The summed E-state index contributed by atoms with van der Waals surface area (Å²) in [5.41, 5.74) is 2.43. The number of alkyl halides is 3. The Morgan fingerprint density at radius 2 is 1.78 bits per heavy atom. The van der Waals surface area contributed by atoms with Crippen LogP contribution in [0, 0.1) is 0 Å². The highest BCUT2D eigenvalue weighted by Gasteiger charge is 2.31. The van der Waals surface area contributed by atoms with Crippen LogP contribution in [0.1, 0.15) is 29.7 Å². The van der Waals surface area contributed by atoms with Crippen molar-refractivity contribution < 1.29 is 23.0 Å². The first-order valence-corrected chi connectivity index (χ1v) is 9.00. The molecule has 4 nitrogen and oxygen atoms in total. The molecular formula is C20H23F3N2O2. The third-order valence-corrected chi connectivity index (χ3v) is 4.77. The van der Waals surface area contributed by atoms with Gasteiger partial charge in [0.05, 0.1) is 6.04 Å². The Labute approximate surface area is 156 Å². The van der Waals surface area contributed by atoms with Crippen LogP contribution in [-0.2, 0) is 6.42 Å². The van der Waals surface area contributed by atoms with Crippen LogP contribution in [0.15, 0.2) is 42.5 Å². The lowest BCUT2D eigenvalue weighted by Gasteiger charge is -2.36. The lowest BCUT2D eigenvalue weighted by atomic mass is 9.93. The first-order valence-electron chi connectivity index (χ1n) is 9.00. The van der Waals surface area contributed by atoms with E-state index in [1.807, 2.05) is 25.1 Å². The average molecular weight is 380 g/mol. The van der Waals surface area contributed by atoms with E-state index >= 15 is 0 Å². The zero-order chi connectivity index (χ0) is 19.4. The summed E-state index contributed by atoms with van der Waals surface area (Å²) in [5, 5.41) is 14.0. The molecule has 1 atom stereocenters. The molecule has 2 aromatic rings. The van der Waals surface area contributed by atoms with Crippen LogP contribution >= 0.6 is 0 Å². The third-order valence-electron chi connectivity index (χ3n) is 4.77. The third kappa shape index (κ3) is 4.73. The Bertz CT molecular complexity index is 757. The van der Waals surface area contributed by atoms with Crippen LogP contribution < -0.4 is 10.1 Å². The molecule has 1 fully saturated rings. The molecule has 1 aliphatic heterocycles. The summed E-state index contributed by atoms with van der Waals surface area (Å²) in [6, 6.07) is 11.3. The van der Waals surface area contributed by atoms with Gasteiger partial charge in [0.1, 0.15) is 11.5 Å². The van der Waals surface area contributed by atoms with E-state index in [4.69, 9.17) is 0 Å². The number of rotatable bonds is 5. The van der Waals surface area contributed by atoms with E-state index < -0.39 is 6.36 Å². The van der Waals surface area contributed by atoms with Crippen LogP contribution in [-0.4, -0.2) is 42.5 Å². The average Bonchev–Trinajstić information content (AvgIpc) is 2.64. The summed E-state index contributed by atoms with van der Waals surface area (Å²) in [6.45, 7) is 5.17. The standard InChI is InChI=1S/C20H23F3N2O2/c1-2-14-4-3-5-17(19(14)26)18(25-12-10-24-11-13-25)15-6-8-16(9-7-15)27-20(21,22)23/h3-9,18,24,26H,2,10-13H2,1H3/t18-/m0/s1. The number of hydrogen-bond donors (Lipinski definition) is 2. The summed E-state index contributed by atoms with van der Waals surface area (Å²) in [6.07, 6.45) is -4.01. The van der Waals surface area contributed by atoms with Gasteiger partial charge in [-0.1, -0.05) is 37.3 Å². The van der Waals surface area contributed by atoms with Gasteiger partial charge in [0.15, 0.2) is 0 Å². The predicted octanol–water partition coefficient (Wildman–Crippen LogP) is 3.85. The van der Waals surface area contributed by atoms with Gasteiger partial charge in [-0.15, -0.1) is 13.2 Å². The van der Waals surface area contributed by atoms with Crippen LogP contribution in [0.25, 0.3) is 0 Å². The van der Waals surface area contributed by atoms with Crippen LogP contribution in [0.5, 0.6) is 11.5 Å². The van der Waals surface area contributed by atoms with Gasteiger partial charge < -0.3 is 15.2 Å². The molecular weight excluding hydrogens is 357 g/mol. The molecule has 0 unspecified atom stereocenters. The van der Waals surface area contributed by atoms with E-state index in [-0.39, 0.29) is 17.5 Å². The minimum absolute atomic E-state index is 0.237. The van der Waals surface area contributed by atoms with Crippen LogP contribution in [0.3, 0.4) is 0 Å². The molecule has 2 aromatic carbocycles. The molecule has 0 radical (unpaired) electrons. The Morgan fingerprint density at radius 1 is 1.11 bits per heavy atom. The lowest BCUT2D eigenvalue weighted by molar-refractivity contribution is -0.274. The summed E-state index contributed by atoms with van der Waals surface area (Å²) in [4.78, 5) is 2.23. The summed E-state index contributed by atoms with van der Waals surface area (Å²) in [5.74, 6) is -0.00371. The highest BCUT2D eigenvalue weighted by Crippen LogP contribution is 2.37. The maximum atomic E-state index is 12.4. The van der Waals surface area contributed by atoms with Crippen molar-refractivity contribution in [1.82, 2.24) is 10.2 Å². The van der Waals surface area contributed by atoms with E-state index in [1.165, 1.54) is 12.1 Å². The largest absolute Gasteiger partial charge is 0.573 e. The molecule has 146 valence electrons. The summed E-state index contributed by atoms with van der Waals surface area (Å²) < 4.78 is 41.2. The quantitative estimate of drug-likeness (QED) is 0.827. The molecule has 0 aromatic heterocycles. The number of phenols is 1. The minimum atomic E-state index is -4.72. The number of piperazine rings is 1. The second kappa shape index (κ2) is 8.19. The van der Waals surface area contributed by atoms with Crippen molar-refractivity contribution >= 4 is 0 Å². The van der Waals surface area contributed by atoms with Gasteiger partial charge in [-0.25, -0.2) is 0 Å². The number of benzene rings is 2. The highest BCUT2D eigenvalue weighted by atomic mass is 19.4. The fourth-order valence-electron chi connectivity index (χ4n) is 3.50. The molecule has 27 heavy (non-hydrogen) atoms. The summed E-state index contributed by atoms with van der Waals surface area (Å²) >= 11 is 0. The van der Waals surface area contributed by atoms with Crippen molar-refractivity contribution in [2.45, 2.75) is 25.7 Å². The fraction of sp³-hybridized carbons (Fsp3) is 0.400. The zero-order valence-electron chi connectivity index (χ0n) is 15.1. The zero-order valence-corrected chi connectivity index (χ0v) is 15.1. The van der Waals surface area contributed by atoms with E-state index in [0.29, 0.717) is 6.42 Å². The molecule has 1 heterocycles. The van der Waals surface area contributed by atoms with Gasteiger partial charge in [0.25, 0.3) is 0 Å². The lowest BCUT2D eigenvalue weighted by Crippen LogP contribution is -2.45. The SMILES string of the molecule is CCc1cccc([C@H](c2ccc(OC(F)(F)F)cc2)N2CCNCC2)c1O. The maximum absolute atomic E-state index is 12.4. The topological polar surface area (TPSA) is 44.7 Å². The van der Waals surface area contributed by atoms with Crippen molar-refractivity contribution in [2.24, 2.45) is 0 Å². The molecule has 0 amide bonds. The van der Waals surface area contributed by atoms with E-state index in [9.17, 15) is 18.3 Å². The van der Waals surface area contributed by atoms with Crippen LogP contribution in [0.2, 0.25) is 0 Å². The van der Waals surface area contributed by atoms with Gasteiger partial charge >= 0.3 is 6.36 Å². The Hall–Kier alpha value is -2.25. The molecule has 0 aliphatic carbocycles. The van der Waals surface area contributed by atoms with E-state index in [2.05, 4.69) is 15.0 Å². The van der Waals surface area contributed by atoms with Crippen LogP contribution in [0.4, 0.5) is 13.2 Å². The Balaban J connectivity index is 1.98. The number of nitrogens with zero attached hydrogens (tertiary/aromatic N) is 1. The second-order valence-electron chi connectivity index (χ2n) is 6.51. The van der Waals surface area contributed by atoms with Gasteiger partial charge in [0, 0.05) is 31.7 Å². The maximum Gasteiger partial charge on any atom is 0.573 e. The van der Waals surface area contributed by atoms with Crippen molar-refractivity contribution in [3.63, 3.8) is 0 Å². The number of phenolic OH excluding ortho intramolecular Hbond substituents is 1. The predicted molar refractivity (Wildman–Crippen MR) is 96.9 cm³/mol. The van der Waals surface area contributed by atoms with Crippen molar-refractivity contribution in [3.05, 3.63) is 59.2 Å². The number of ether oxygens (including phenoxy) is 1. The van der Waals surface area contributed by atoms with Crippen molar-refractivity contribution in [3.8, 4) is 11.5 Å². The number of aryl methyl sites for hydroxylation is 1. The number of halogens is 3. The molecule has 7 heteroatoms. The minimum Gasteiger partial charge on any atom is -0.507 e. The van der Waals surface area contributed by atoms with E-state index in [1.54, 1.807) is 12.1 Å². The fourth-order valence-corrected chi connectivity index (χ4v) is 3.50. The number of nitrogens with one attached hydrogen (secondary N) is 1. The number of hydrogen-bond acceptors (Lipinski definition) is 4. The molecule has 0 spiro atoms. The second-order valence-corrected chi connectivity index (χ2v) is 6.51. The van der Waals surface area contributed by atoms with Gasteiger partial charge in [-0.05, 0) is 29.7 Å².